The average Bonchev–Trinajstić information content (AvgIpc) is 2.83. The van der Waals surface area contributed by atoms with E-state index in [0.29, 0.717) is 5.92 Å². The second-order valence-electron chi connectivity index (χ2n) is 4.08. The minimum Gasteiger partial charge on any atom is -0.244 e. The van der Waals surface area contributed by atoms with Gasteiger partial charge in [0.25, 0.3) is 0 Å². The first kappa shape index (κ1) is 8.71. The zero-order valence-corrected chi connectivity index (χ0v) is 8.69. The van der Waals surface area contributed by atoms with Gasteiger partial charge in [-0.05, 0) is 26.7 Å². The molecule has 1 fully saturated rings. The fourth-order valence-electron chi connectivity index (χ4n) is 1.15. The Hall–Kier alpha value is -0.880. The Morgan fingerprint density at radius 2 is 2.31 bits per heavy atom. The molecule has 1 aliphatic rings. The third kappa shape index (κ3) is 1.59. The van der Waals surface area contributed by atoms with Gasteiger partial charge in [0.1, 0.15) is 0 Å². The Morgan fingerprint density at radius 3 is 2.85 bits per heavy atom. The third-order valence-corrected chi connectivity index (χ3v) is 3.38. The first-order chi connectivity index (χ1) is 6.13. The normalized spacial score (nSPS) is 17.0. The molecule has 0 atom stereocenters. The largest absolute Gasteiger partial charge is 0.244 e. The van der Waals surface area contributed by atoms with Crippen molar-refractivity contribution in [2.45, 2.75) is 38.0 Å². The number of nitrogens with zero attached hydrogens (tertiary/aromatic N) is 2. The summed E-state index contributed by atoms with van der Waals surface area (Å²) in [4.78, 5) is 4.51. The van der Waals surface area contributed by atoms with Crippen LogP contribution in [0.4, 0.5) is 0 Å². The van der Waals surface area contributed by atoms with E-state index in [0.717, 1.165) is 5.69 Å². The molecule has 0 radical (unpaired) electrons. The maximum atomic E-state index is 8.93. The van der Waals surface area contributed by atoms with Crippen molar-refractivity contribution in [1.82, 2.24) is 4.98 Å². The predicted molar refractivity (Wildman–Crippen MR) is 52.7 cm³/mol. The first-order valence-electron chi connectivity index (χ1n) is 4.50. The lowest BCUT2D eigenvalue weighted by molar-refractivity contribution is 0.661. The van der Waals surface area contributed by atoms with Gasteiger partial charge in [-0.2, -0.15) is 5.26 Å². The Bertz CT molecular complexity index is 355. The molecule has 0 unspecified atom stereocenters. The highest BCUT2D eigenvalue weighted by atomic mass is 32.1. The second-order valence-corrected chi connectivity index (χ2v) is 4.97. The van der Waals surface area contributed by atoms with Gasteiger partial charge in [-0.1, -0.05) is 0 Å². The van der Waals surface area contributed by atoms with Crippen LogP contribution in [0.5, 0.6) is 0 Å². The van der Waals surface area contributed by atoms with Crippen molar-refractivity contribution in [2.24, 2.45) is 0 Å². The summed E-state index contributed by atoms with van der Waals surface area (Å²) in [5, 5.41) is 12.2. The number of rotatable bonds is 2. The molecule has 1 saturated carbocycles. The fraction of sp³-hybridized carbons (Fsp3) is 0.600. The van der Waals surface area contributed by atoms with E-state index in [1.165, 1.54) is 17.8 Å². The molecule has 0 aromatic carbocycles. The molecular weight excluding hydrogens is 180 g/mol. The minimum atomic E-state index is -0.427. The van der Waals surface area contributed by atoms with Crippen LogP contribution in [0.3, 0.4) is 0 Å². The highest BCUT2D eigenvalue weighted by molar-refractivity contribution is 7.09. The van der Waals surface area contributed by atoms with Gasteiger partial charge in [-0.25, -0.2) is 4.98 Å². The van der Waals surface area contributed by atoms with Gasteiger partial charge in [-0.3, -0.25) is 0 Å². The van der Waals surface area contributed by atoms with Crippen molar-refractivity contribution in [1.29, 1.82) is 5.26 Å². The summed E-state index contributed by atoms with van der Waals surface area (Å²) >= 11 is 1.70. The summed E-state index contributed by atoms with van der Waals surface area (Å²) in [6.45, 7) is 3.83. The molecule has 1 aliphatic carbocycles. The smallest absolute Gasteiger partial charge is 0.0959 e. The number of thiazole rings is 1. The SMILES string of the molecule is CC(C)(C#N)c1csc(C2CC2)n1. The maximum absolute atomic E-state index is 8.93. The van der Waals surface area contributed by atoms with Crippen molar-refractivity contribution < 1.29 is 0 Å². The van der Waals surface area contributed by atoms with Crippen LogP contribution in [0.25, 0.3) is 0 Å². The Labute approximate surface area is 82.2 Å². The molecule has 1 heterocycles. The summed E-state index contributed by atoms with van der Waals surface area (Å²) in [6.07, 6.45) is 2.56. The minimum absolute atomic E-state index is 0.427. The van der Waals surface area contributed by atoms with Gasteiger partial charge < -0.3 is 0 Å². The highest BCUT2D eigenvalue weighted by Gasteiger charge is 2.29. The van der Waals surface area contributed by atoms with Crippen LogP contribution in [0.15, 0.2) is 5.38 Å². The zero-order chi connectivity index (χ0) is 9.47. The maximum Gasteiger partial charge on any atom is 0.0959 e. The number of hydrogen-bond donors (Lipinski definition) is 0. The lowest BCUT2D eigenvalue weighted by atomic mass is 9.92. The third-order valence-electron chi connectivity index (χ3n) is 2.37. The van der Waals surface area contributed by atoms with E-state index >= 15 is 0 Å². The van der Waals surface area contributed by atoms with Crippen molar-refractivity contribution in [3.05, 3.63) is 16.1 Å². The van der Waals surface area contributed by atoms with E-state index in [1.807, 2.05) is 19.2 Å². The van der Waals surface area contributed by atoms with Crippen LogP contribution < -0.4 is 0 Å². The molecule has 0 N–H and O–H groups in total. The van der Waals surface area contributed by atoms with Gasteiger partial charge >= 0.3 is 0 Å². The quantitative estimate of drug-likeness (QED) is 0.722. The van der Waals surface area contributed by atoms with Crippen molar-refractivity contribution in [2.75, 3.05) is 0 Å². The van der Waals surface area contributed by atoms with E-state index in [2.05, 4.69) is 11.1 Å². The van der Waals surface area contributed by atoms with Gasteiger partial charge in [0, 0.05) is 11.3 Å². The molecular formula is C10H12N2S. The molecule has 2 nitrogen and oxygen atoms in total. The van der Waals surface area contributed by atoms with Crippen LogP contribution in [-0.4, -0.2) is 4.98 Å². The summed E-state index contributed by atoms with van der Waals surface area (Å²) in [5.74, 6) is 0.702. The number of hydrogen-bond acceptors (Lipinski definition) is 3. The van der Waals surface area contributed by atoms with E-state index in [4.69, 9.17) is 5.26 Å². The van der Waals surface area contributed by atoms with Gasteiger partial charge in [0.2, 0.25) is 0 Å². The molecule has 2 rings (SSSR count). The van der Waals surface area contributed by atoms with Gasteiger partial charge in [0.15, 0.2) is 0 Å². The summed E-state index contributed by atoms with van der Waals surface area (Å²) in [7, 11) is 0. The van der Waals surface area contributed by atoms with Gasteiger partial charge in [0.05, 0.1) is 22.2 Å². The zero-order valence-electron chi connectivity index (χ0n) is 7.87. The molecule has 0 saturated heterocycles. The molecule has 13 heavy (non-hydrogen) atoms. The molecule has 68 valence electrons. The fourth-order valence-corrected chi connectivity index (χ4v) is 2.31. The Kier molecular flexibility index (Phi) is 1.88. The number of nitriles is 1. The van der Waals surface area contributed by atoms with E-state index in [1.54, 1.807) is 11.3 Å². The van der Waals surface area contributed by atoms with E-state index in [9.17, 15) is 0 Å². The average molecular weight is 192 g/mol. The van der Waals surface area contributed by atoms with E-state index in [-0.39, 0.29) is 0 Å². The Morgan fingerprint density at radius 1 is 1.62 bits per heavy atom. The highest BCUT2D eigenvalue weighted by Crippen LogP contribution is 2.42. The standard InChI is InChI=1S/C10H12N2S/c1-10(2,6-11)8-5-13-9(12-8)7-3-4-7/h5,7H,3-4H2,1-2H3. The summed E-state index contributed by atoms with van der Waals surface area (Å²) in [5.41, 5.74) is 0.505. The topological polar surface area (TPSA) is 36.7 Å². The van der Waals surface area contributed by atoms with E-state index < -0.39 is 5.41 Å². The van der Waals surface area contributed by atoms with Crippen LogP contribution in [-0.2, 0) is 5.41 Å². The molecule has 0 spiro atoms. The van der Waals surface area contributed by atoms with Crippen molar-refractivity contribution >= 4 is 11.3 Å². The number of aromatic nitrogens is 1. The molecule has 0 amide bonds. The lowest BCUT2D eigenvalue weighted by Crippen LogP contribution is -2.14. The van der Waals surface area contributed by atoms with Gasteiger partial charge in [-0.15, -0.1) is 11.3 Å². The Balaban J connectivity index is 2.27. The van der Waals surface area contributed by atoms with Crippen molar-refractivity contribution in [3.8, 4) is 6.07 Å². The molecule has 1 aromatic rings. The summed E-state index contributed by atoms with van der Waals surface area (Å²) < 4.78 is 0. The van der Waals surface area contributed by atoms with Crippen LogP contribution in [0.1, 0.15) is 43.3 Å². The van der Waals surface area contributed by atoms with Crippen LogP contribution in [0.2, 0.25) is 0 Å². The first-order valence-corrected chi connectivity index (χ1v) is 5.38. The predicted octanol–water partition coefficient (Wildman–Crippen LogP) is 2.82. The molecule has 3 heteroatoms. The monoisotopic (exact) mass is 192 g/mol. The molecule has 1 aromatic heterocycles. The lowest BCUT2D eigenvalue weighted by Gasteiger charge is -2.10. The second kappa shape index (κ2) is 2.81. The molecule has 0 bridgehead atoms. The van der Waals surface area contributed by atoms with Crippen molar-refractivity contribution in [3.63, 3.8) is 0 Å². The summed E-state index contributed by atoms with van der Waals surface area (Å²) in [6, 6.07) is 2.27. The molecule has 0 aliphatic heterocycles. The van der Waals surface area contributed by atoms with Crippen LogP contribution >= 0.6 is 11.3 Å². The van der Waals surface area contributed by atoms with Crippen LogP contribution in [0, 0.1) is 11.3 Å².